The third-order valence-electron chi connectivity index (χ3n) is 4.94. The van der Waals surface area contributed by atoms with E-state index < -0.39 is 5.82 Å². The number of methoxy groups -OCH3 is 1. The van der Waals surface area contributed by atoms with Gasteiger partial charge in [-0.05, 0) is 56.2 Å². The number of carbonyl (C=O) groups is 1. The first-order valence-electron chi connectivity index (χ1n) is 9.35. The fourth-order valence-corrected chi connectivity index (χ4v) is 4.50. The molecule has 154 valence electrons. The highest BCUT2D eigenvalue weighted by molar-refractivity contribution is 7.20. The van der Waals surface area contributed by atoms with E-state index in [0.29, 0.717) is 22.0 Å². The molecule has 0 unspecified atom stereocenters. The molecule has 1 N–H and O–H groups in total. The topological polar surface area (TPSA) is 77.2 Å². The summed E-state index contributed by atoms with van der Waals surface area (Å²) in [5.41, 5.74) is 2.25. The van der Waals surface area contributed by atoms with Gasteiger partial charge in [0.15, 0.2) is 23.2 Å². The van der Waals surface area contributed by atoms with Crippen LogP contribution in [0.1, 0.15) is 39.5 Å². The third kappa shape index (κ3) is 3.54. The van der Waals surface area contributed by atoms with Crippen LogP contribution in [0, 0.1) is 19.7 Å². The fraction of sp³-hybridized carbons (Fsp3) is 0.227. The highest BCUT2D eigenvalue weighted by Gasteiger charge is 2.22. The summed E-state index contributed by atoms with van der Waals surface area (Å²) in [4.78, 5) is 23.4. The highest BCUT2D eigenvalue weighted by Crippen LogP contribution is 2.33. The van der Waals surface area contributed by atoms with Crippen molar-refractivity contribution in [2.45, 2.75) is 26.8 Å². The average molecular weight is 425 g/mol. The van der Waals surface area contributed by atoms with Gasteiger partial charge < -0.3 is 14.5 Å². The van der Waals surface area contributed by atoms with Gasteiger partial charge in [-0.2, -0.15) is 0 Å². The number of benzene rings is 1. The maximum atomic E-state index is 14.0. The van der Waals surface area contributed by atoms with Crippen molar-refractivity contribution in [3.05, 3.63) is 64.1 Å². The number of thiophene rings is 1. The smallest absolute Gasteiger partial charge is 0.262 e. The zero-order chi connectivity index (χ0) is 21.4. The Hall–Kier alpha value is -3.26. The van der Waals surface area contributed by atoms with Crippen molar-refractivity contribution in [1.29, 1.82) is 0 Å². The van der Waals surface area contributed by atoms with Crippen molar-refractivity contribution in [1.82, 2.24) is 15.3 Å². The number of furan rings is 1. The van der Waals surface area contributed by atoms with Crippen LogP contribution in [-0.2, 0) is 0 Å². The molecule has 3 aromatic heterocycles. The molecule has 0 aliphatic rings. The Morgan fingerprint density at radius 2 is 2.07 bits per heavy atom. The van der Waals surface area contributed by atoms with E-state index in [0.717, 1.165) is 21.5 Å². The molecule has 0 spiro atoms. The molecule has 0 fully saturated rings. The zero-order valence-electron chi connectivity index (χ0n) is 16.9. The summed E-state index contributed by atoms with van der Waals surface area (Å²) in [5.74, 6) is 0.523. The van der Waals surface area contributed by atoms with Gasteiger partial charge in [0, 0.05) is 5.39 Å². The van der Waals surface area contributed by atoms with Crippen LogP contribution in [0.5, 0.6) is 5.75 Å². The lowest BCUT2D eigenvalue weighted by molar-refractivity contribution is 0.0943. The van der Waals surface area contributed by atoms with E-state index in [1.165, 1.54) is 24.5 Å². The van der Waals surface area contributed by atoms with Gasteiger partial charge in [0.25, 0.3) is 5.91 Å². The molecule has 30 heavy (non-hydrogen) atoms. The molecule has 4 rings (SSSR count). The summed E-state index contributed by atoms with van der Waals surface area (Å²) in [7, 11) is 1.41. The van der Waals surface area contributed by atoms with Gasteiger partial charge >= 0.3 is 0 Å². The van der Waals surface area contributed by atoms with E-state index in [-0.39, 0.29) is 17.7 Å². The van der Waals surface area contributed by atoms with Crippen LogP contribution in [-0.4, -0.2) is 23.0 Å². The van der Waals surface area contributed by atoms with Gasteiger partial charge in [-0.3, -0.25) is 4.79 Å². The predicted octanol–water partition coefficient (Wildman–Crippen LogP) is 5.21. The van der Waals surface area contributed by atoms with Crippen molar-refractivity contribution < 1.29 is 18.3 Å². The minimum Gasteiger partial charge on any atom is -0.494 e. The van der Waals surface area contributed by atoms with Crippen molar-refractivity contribution in [2.75, 3.05) is 7.11 Å². The van der Waals surface area contributed by atoms with Crippen LogP contribution in [0.3, 0.4) is 0 Å². The summed E-state index contributed by atoms with van der Waals surface area (Å²) in [5, 5.41) is 3.80. The predicted molar refractivity (Wildman–Crippen MR) is 113 cm³/mol. The van der Waals surface area contributed by atoms with Gasteiger partial charge in [0.1, 0.15) is 4.83 Å². The van der Waals surface area contributed by atoms with Crippen LogP contribution in [0.15, 0.2) is 41.0 Å². The third-order valence-corrected chi connectivity index (χ3v) is 6.13. The molecule has 1 aromatic carbocycles. The van der Waals surface area contributed by atoms with Gasteiger partial charge in [-0.15, -0.1) is 11.3 Å². The molecular formula is C22H20FN3O3S. The molecule has 6 nitrogen and oxygen atoms in total. The number of hydrogen-bond acceptors (Lipinski definition) is 6. The van der Waals surface area contributed by atoms with Crippen molar-refractivity contribution in [3.63, 3.8) is 0 Å². The molecule has 1 atom stereocenters. The Balaban J connectivity index is 1.64. The molecule has 3 heterocycles. The Bertz CT molecular complexity index is 1230. The van der Waals surface area contributed by atoms with E-state index >= 15 is 0 Å². The maximum Gasteiger partial charge on any atom is 0.262 e. The maximum absolute atomic E-state index is 14.0. The molecule has 0 saturated heterocycles. The number of nitrogens with one attached hydrogen (secondary N) is 1. The molecule has 0 saturated carbocycles. The molecule has 0 aliphatic heterocycles. The first-order chi connectivity index (χ1) is 14.4. The first kappa shape index (κ1) is 20.0. The van der Waals surface area contributed by atoms with E-state index in [4.69, 9.17) is 9.15 Å². The van der Waals surface area contributed by atoms with Crippen LogP contribution < -0.4 is 10.1 Å². The van der Waals surface area contributed by atoms with Crippen LogP contribution >= 0.6 is 11.3 Å². The number of carbonyl (C=O) groups excluding carboxylic acids is 1. The molecule has 0 bridgehead atoms. The lowest BCUT2D eigenvalue weighted by Gasteiger charge is -2.15. The summed E-state index contributed by atoms with van der Waals surface area (Å²) < 4.78 is 24.4. The van der Waals surface area contributed by atoms with Gasteiger partial charge in [-0.25, -0.2) is 14.4 Å². The highest BCUT2D eigenvalue weighted by atomic mass is 32.1. The first-order valence-corrected chi connectivity index (χ1v) is 10.2. The molecular weight excluding hydrogens is 405 g/mol. The van der Waals surface area contributed by atoms with Crippen LogP contribution in [0.25, 0.3) is 21.8 Å². The van der Waals surface area contributed by atoms with E-state index in [1.807, 2.05) is 20.8 Å². The number of aromatic nitrogens is 2. The fourth-order valence-electron chi connectivity index (χ4n) is 3.37. The SMILES string of the molecule is COc1ccc([C@@H](C)NC(=O)c2sc3nc(-c4ccco4)nc(C)c3c2C)cc1F. The normalized spacial score (nSPS) is 12.2. The van der Waals surface area contributed by atoms with Gasteiger partial charge in [0.05, 0.1) is 30.0 Å². The number of amides is 1. The quantitative estimate of drug-likeness (QED) is 0.475. The summed E-state index contributed by atoms with van der Waals surface area (Å²) in [6, 6.07) is 7.84. The molecule has 8 heteroatoms. The van der Waals surface area contributed by atoms with Gasteiger partial charge in [0.2, 0.25) is 0 Å². The molecule has 4 aromatic rings. The van der Waals surface area contributed by atoms with Crippen molar-refractivity contribution >= 4 is 27.5 Å². The minimum atomic E-state index is -0.467. The lowest BCUT2D eigenvalue weighted by Crippen LogP contribution is -2.26. The largest absolute Gasteiger partial charge is 0.494 e. The Morgan fingerprint density at radius 1 is 1.27 bits per heavy atom. The standard InChI is InChI=1S/C22H20FN3O3S/c1-11-18-13(3)24-20(17-6-5-9-29-17)26-22(18)30-19(11)21(27)25-12(2)14-7-8-16(28-4)15(23)10-14/h5-10,12H,1-4H3,(H,25,27)/t12-/m1/s1. The van der Waals surface area contributed by atoms with Crippen LogP contribution in [0.2, 0.25) is 0 Å². The summed E-state index contributed by atoms with van der Waals surface area (Å²) in [6.45, 7) is 5.58. The zero-order valence-corrected chi connectivity index (χ0v) is 17.8. The minimum absolute atomic E-state index is 0.166. The second-order valence-electron chi connectivity index (χ2n) is 6.94. The number of halogens is 1. The lowest BCUT2D eigenvalue weighted by atomic mass is 10.1. The van der Waals surface area contributed by atoms with Crippen molar-refractivity contribution in [3.8, 4) is 17.3 Å². The van der Waals surface area contributed by atoms with Crippen LogP contribution in [0.4, 0.5) is 4.39 Å². The number of fused-ring (bicyclic) bond motifs is 1. The number of rotatable bonds is 5. The summed E-state index contributed by atoms with van der Waals surface area (Å²) >= 11 is 1.31. The van der Waals surface area contributed by atoms with E-state index in [1.54, 1.807) is 30.5 Å². The monoisotopic (exact) mass is 425 g/mol. The second kappa shape index (κ2) is 7.87. The van der Waals surface area contributed by atoms with E-state index in [2.05, 4.69) is 15.3 Å². The Morgan fingerprint density at radius 3 is 2.73 bits per heavy atom. The Kier molecular flexibility index (Phi) is 5.26. The van der Waals surface area contributed by atoms with Crippen molar-refractivity contribution in [2.24, 2.45) is 0 Å². The molecule has 0 aliphatic carbocycles. The second-order valence-corrected chi connectivity index (χ2v) is 7.93. The summed E-state index contributed by atoms with van der Waals surface area (Å²) in [6.07, 6.45) is 1.57. The molecule has 1 amide bonds. The number of nitrogens with zero attached hydrogens (tertiary/aromatic N) is 2. The van der Waals surface area contributed by atoms with Gasteiger partial charge in [-0.1, -0.05) is 6.07 Å². The number of hydrogen-bond donors (Lipinski definition) is 1. The molecule has 0 radical (unpaired) electrons. The Labute approximate surface area is 176 Å². The van der Waals surface area contributed by atoms with E-state index in [9.17, 15) is 9.18 Å². The number of ether oxygens (including phenoxy) is 1. The number of aryl methyl sites for hydroxylation is 2. The average Bonchev–Trinajstić information content (AvgIpc) is 3.36.